The predicted molar refractivity (Wildman–Crippen MR) is 62.2 cm³/mol. The normalized spacial score (nSPS) is 11.4. The summed E-state index contributed by atoms with van der Waals surface area (Å²) in [5.74, 6) is 0.831. The summed E-state index contributed by atoms with van der Waals surface area (Å²) in [6.45, 7) is 6.59. The first-order chi connectivity index (χ1) is 7.55. The van der Waals surface area contributed by atoms with Crippen molar-refractivity contribution >= 4 is 0 Å². The predicted octanol–water partition coefficient (Wildman–Crippen LogP) is 2.44. The molecule has 84 valence electrons. The van der Waals surface area contributed by atoms with E-state index in [0.29, 0.717) is 0 Å². The standard InChI is InChI=1S/C13H16N2O/c1-13(2,3)11-4-6-12(7-5-11)16-15-9-8-14-10-15/h4-10H,1-3H3/p+1. The monoisotopic (exact) mass is 217 g/mol. The van der Waals surface area contributed by atoms with E-state index in [-0.39, 0.29) is 5.41 Å². The lowest BCUT2D eigenvalue weighted by atomic mass is 9.87. The van der Waals surface area contributed by atoms with Crippen LogP contribution in [0.4, 0.5) is 0 Å². The van der Waals surface area contributed by atoms with Crippen molar-refractivity contribution < 1.29 is 9.57 Å². The topological polar surface area (TPSA) is 28.9 Å². The van der Waals surface area contributed by atoms with E-state index in [1.165, 1.54) is 5.56 Å². The molecule has 0 aliphatic carbocycles. The second-order valence-corrected chi connectivity index (χ2v) is 4.84. The molecular formula is C13H17N2O+. The van der Waals surface area contributed by atoms with Crippen LogP contribution in [0.1, 0.15) is 26.3 Å². The first kappa shape index (κ1) is 10.7. The van der Waals surface area contributed by atoms with Crippen LogP contribution in [0, 0.1) is 0 Å². The van der Waals surface area contributed by atoms with Gasteiger partial charge in [-0.3, -0.25) is 4.84 Å². The van der Waals surface area contributed by atoms with Gasteiger partial charge in [0.15, 0.2) is 11.9 Å². The highest BCUT2D eigenvalue weighted by atomic mass is 16.7. The Hall–Kier alpha value is -1.77. The van der Waals surface area contributed by atoms with E-state index in [1.807, 2.05) is 24.5 Å². The molecule has 1 aromatic heterocycles. The summed E-state index contributed by atoms with van der Waals surface area (Å²) in [6.07, 6.45) is 5.37. The molecule has 0 bridgehead atoms. The lowest BCUT2D eigenvalue weighted by molar-refractivity contribution is -0.874. The van der Waals surface area contributed by atoms with Gasteiger partial charge in [0.2, 0.25) is 0 Å². The van der Waals surface area contributed by atoms with Gasteiger partial charge in [0.25, 0.3) is 6.33 Å². The minimum absolute atomic E-state index is 0.180. The molecule has 0 aliphatic heterocycles. The zero-order valence-corrected chi connectivity index (χ0v) is 9.90. The van der Waals surface area contributed by atoms with E-state index >= 15 is 0 Å². The van der Waals surface area contributed by atoms with Gasteiger partial charge in [-0.05, 0) is 27.8 Å². The van der Waals surface area contributed by atoms with Gasteiger partial charge in [0.05, 0.1) is 0 Å². The molecule has 0 radical (unpaired) electrons. The summed E-state index contributed by atoms with van der Waals surface area (Å²) < 4.78 is 1.63. The van der Waals surface area contributed by atoms with Crippen LogP contribution in [0.15, 0.2) is 43.0 Å². The van der Waals surface area contributed by atoms with Crippen molar-refractivity contribution in [3.63, 3.8) is 0 Å². The summed E-state index contributed by atoms with van der Waals surface area (Å²) >= 11 is 0. The van der Waals surface area contributed by atoms with E-state index in [1.54, 1.807) is 11.1 Å². The number of hydrogen-bond acceptors (Lipinski definition) is 1. The number of aromatic nitrogens is 2. The van der Waals surface area contributed by atoms with Crippen LogP contribution >= 0.6 is 0 Å². The van der Waals surface area contributed by atoms with Crippen LogP contribution in [0.5, 0.6) is 5.75 Å². The highest BCUT2D eigenvalue weighted by Gasteiger charge is 2.13. The van der Waals surface area contributed by atoms with Gasteiger partial charge in [-0.25, -0.2) is 4.98 Å². The van der Waals surface area contributed by atoms with E-state index in [2.05, 4.69) is 37.9 Å². The summed E-state index contributed by atoms with van der Waals surface area (Å²) in [6, 6.07) is 8.17. The molecule has 3 heteroatoms. The molecule has 0 unspecified atom stereocenters. The molecule has 0 spiro atoms. The number of nitrogens with zero attached hydrogens (tertiary/aromatic N) is 1. The molecule has 1 N–H and O–H groups in total. The summed E-state index contributed by atoms with van der Waals surface area (Å²) in [5, 5.41) is 0. The maximum Gasteiger partial charge on any atom is 0.282 e. The van der Waals surface area contributed by atoms with Crippen LogP contribution in [0.25, 0.3) is 0 Å². The number of nitrogens with one attached hydrogen (secondary N) is 1. The van der Waals surface area contributed by atoms with Gasteiger partial charge < -0.3 is 0 Å². The molecule has 16 heavy (non-hydrogen) atoms. The van der Waals surface area contributed by atoms with Gasteiger partial charge in [0, 0.05) is 0 Å². The molecule has 3 nitrogen and oxygen atoms in total. The van der Waals surface area contributed by atoms with Gasteiger partial charge in [-0.2, -0.15) is 0 Å². The van der Waals surface area contributed by atoms with Crippen molar-refractivity contribution in [2.75, 3.05) is 0 Å². The molecule has 1 aromatic carbocycles. The van der Waals surface area contributed by atoms with Gasteiger partial charge in [0.1, 0.15) is 6.20 Å². The lowest BCUT2D eigenvalue weighted by Gasteiger charge is -2.18. The largest absolute Gasteiger partial charge is 0.297 e. The molecule has 2 aromatic rings. The Bertz CT molecular complexity index is 438. The van der Waals surface area contributed by atoms with Gasteiger partial charge in [-0.1, -0.05) is 32.9 Å². The third-order valence-electron chi connectivity index (χ3n) is 2.45. The molecule has 1 heterocycles. The first-order valence-corrected chi connectivity index (χ1v) is 5.39. The molecule has 0 atom stereocenters. The Morgan fingerprint density at radius 2 is 1.81 bits per heavy atom. The Morgan fingerprint density at radius 1 is 1.12 bits per heavy atom. The van der Waals surface area contributed by atoms with Crippen LogP contribution in [0.3, 0.4) is 0 Å². The third kappa shape index (κ3) is 2.42. The first-order valence-electron chi connectivity index (χ1n) is 5.39. The van der Waals surface area contributed by atoms with Gasteiger partial charge in [-0.15, -0.1) is 0 Å². The number of H-pyrrole nitrogens is 1. The van der Waals surface area contributed by atoms with Crippen molar-refractivity contribution in [2.45, 2.75) is 26.2 Å². The minimum atomic E-state index is 0.180. The second-order valence-electron chi connectivity index (χ2n) is 4.84. The highest BCUT2D eigenvalue weighted by Crippen LogP contribution is 2.23. The molecule has 2 rings (SSSR count). The van der Waals surface area contributed by atoms with Crippen molar-refractivity contribution in [2.24, 2.45) is 0 Å². The van der Waals surface area contributed by atoms with E-state index < -0.39 is 0 Å². The smallest absolute Gasteiger partial charge is 0.282 e. The fourth-order valence-corrected chi connectivity index (χ4v) is 1.47. The van der Waals surface area contributed by atoms with Crippen LogP contribution in [-0.2, 0) is 5.41 Å². The quantitative estimate of drug-likeness (QED) is 0.769. The Kier molecular flexibility index (Phi) is 2.69. The Balaban J connectivity index is 2.14. The van der Waals surface area contributed by atoms with Crippen molar-refractivity contribution in [3.05, 3.63) is 48.5 Å². The third-order valence-corrected chi connectivity index (χ3v) is 2.45. The van der Waals surface area contributed by atoms with Crippen LogP contribution in [0.2, 0.25) is 0 Å². The summed E-state index contributed by atoms with van der Waals surface area (Å²) in [4.78, 5) is 8.50. The zero-order valence-electron chi connectivity index (χ0n) is 9.90. The fraction of sp³-hybridized carbons (Fsp3) is 0.308. The number of imidazole rings is 1. The Labute approximate surface area is 95.7 Å². The second kappa shape index (κ2) is 4.00. The average Bonchev–Trinajstić information content (AvgIpc) is 2.70. The molecule has 0 fully saturated rings. The van der Waals surface area contributed by atoms with Crippen LogP contribution in [-0.4, -0.2) is 4.98 Å². The maximum atomic E-state index is 5.57. The molecule has 0 amide bonds. The average molecular weight is 217 g/mol. The highest BCUT2D eigenvalue weighted by molar-refractivity contribution is 5.30. The SMILES string of the molecule is CC(C)(C)c1ccc(O[n+]2cc[nH]c2)cc1. The maximum absolute atomic E-state index is 5.57. The molecule has 0 saturated heterocycles. The van der Waals surface area contributed by atoms with Crippen molar-refractivity contribution in [1.82, 2.24) is 4.98 Å². The number of aromatic amines is 1. The van der Waals surface area contributed by atoms with E-state index in [0.717, 1.165) is 5.75 Å². The van der Waals surface area contributed by atoms with Crippen molar-refractivity contribution in [1.29, 1.82) is 0 Å². The molecular weight excluding hydrogens is 200 g/mol. The molecule has 0 aliphatic rings. The van der Waals surface area contributed by atoms with Gasteiger partial charge >= 0.3 is 0 Å². The molecule has 0 saturated carbocycles. The lowest BCUT2D eigenvalue weighted by Crippen LogP contribution is -2.36. The summed E-state index contributed by atoms with van der Waals surface area (Å²) in [7, 11) is 0. The zero-order chi connectivity index (χ0) is 11.6. The number of rotatable bonds is 2. The fourth-order valence-electron chi connectivity index (χ4n) is 1.47. The van der Waals surface area contributed by atoms with E-state index in [4.69, 9.17) is 4.84 Å². The van der Waals surface area contributed by atoms with Crippen LogP contribution < -0.4 is 9.57 Å². The summed E-state index contributed by atoms with van der Waals surface area (Å²) in [5.41, 5.74) is 1.48. The number of hydrogen-bond donors (Lipinski definition) is 1. The Morgan fingerprint density at radius 3 is 2.31 bits per heavy atom. The van der Waals surface area contributed by atoms with Crippen molar-refractivity contribution in [3.8, 4) is 5.75 Å². The number of benzene rings is 1. The van der Waals surface area contributed by atoms with E-state index in [9.17, 15) is 0 Å². The minimum Gasteiger partial charge on any atom is -0.297 e.